The van der Waals surface area contributed by atoms with Crippen molar-refractivity contribution in [1.29, 1.82) is 0 Å². The Morgan fingerprint density at radius 1 is 1.60 bits per heavy atom. The SMILES string of the molecule is C=C(C)CN(CC)c1ccc(C(=O)O)s1. The van der Waals surface area contributed by atoms with Crippen molar-refractivity contribution in [1.82, 2.24) is 0 Å². The highest BCUT2D eigenvalue weighted by molar-refractivity contribution is 7.17. The number of likely N-dealkylation sites (N-methyl/N-ethyl adjacent to an activating group) is 1. The summed E-state index contributed by atoms with van der Waals surface area (Å²) in [5.41, 5.74) is 1.07. The number of anilines is 1. The van der Waals surface area contributed by atoms with E-state index in [0.29, 0.717) is 4.88 Å². The Morgan fingerprint density at radius 2 is 2.27 bits per heavy atom. The van der Waals surface area contributed by atoms with Crippen LogP contribution in [0.25, 0.3) is 0 Å². The average Bonchev–Trinajstić information content (AvgIpc) is 2.62. The third-order valence-electron chi connectivity index (χ3n) is 1.96. The van der Waals surface area contributed by atoms with Crippen LogP contribution in [0.2, 0.25) is 0 Å². The van der Waals surface area contributed by atoms with Gasteiger partial charge in [-0.25, -0.2) is 4.79 Å². The van der Waals surface area contributed by atoms with Gasteiger partial charge in [0.15, 0.2) is 0 Å². The van der Waals surface area contributed by atoms with Crippen molar-refractivity contribution in [3.63, 3.8) is 0 Å². The summed E-state index contributed by atoms with van der Waals surface area (Å²) in [7, 11) is 0. The summed E-state index contributed by atoms with van der Waals surface area (Å²) < 4.78 is 0. The van der Waals surface area contributed by atoms with Crippen molar-refractivity contribution in [2.75, 3.05) is 18.0 Å². The van der Waals surface area contributed by atoms with E-state index in [-0.39, 0.29) is 0 Å². The van der Waals surface area contributed by atoms with E-state index in [4.69, 9.17) is 5.11 Å². The number of rotatable bonds is 5. The van der Waals surface area contributed by atoms with Crippen LogP contribution in [0.4, 0.5) is 5.00 Å². The first-order valence-corrected chi connectivity index (χ1v) is 5.58. The Labute approximate surface area is 93.7 Å². The van der Waals surface area contributed by atoms with Gasteiger partial charge in [-0.15, -0.1) is 11.3 Å². The highest BCUT2D eigenvalue weighted by atomic mass is 32.1. The molecule has 0 fully saturated rings. The standard InChI is InChI=1S/C11H15NO2S/c1-4-12(7-8(2)3)10-6-5-9(15-10)11(13)14/h5-6H,2,4,7H2,1,3H3,(H,13,14). The van der Waals surface area contributed by atoms with Crippen LogP contribution in [0.5, 0.6) is 0 Å². The molecule has 82 valence electrons. The van der Waals surface area contributed by atoms with Gasteiger partial charge in [0.1, 0.15) is 4.88 Å². The van der Waals surface area contributed by atoms with Crippen LogP contribution in [0, 0.1) is 0 Å². The lowest BCUT2D eigenvalue weighted by Gasteiger charge is -2.20. The summed E-state index contributed by atoms with van der Waals surface area (Å²) in [5.74, 6) is -0.863. The molecule has 1 rings (SSSR count). The Bertz CT molecular complexity index is 370. The lowest BCUT2D eigenvalue weighted by atomic mass is 10.3. The van der Waals surface area contributed by atoms with Crippen LogP contribution in [-0.2, 0) is 0 Å². The van der Waals surface area contributed by atoms with E-state index in [1.807, 2.05) is 19.9 Å². The maximum atomic E-state index is 10.7. The monoisotopic (exact) mass is 225 g/mol. The highest BCUT2D eigenvalue weighted by Gasteiger charge is 2.11. The molecule has 0 atom stereocenters. The van der Waals surface area contributed by atoms with Crippen molar-refractivity contribution >= 4 is 22.3 Å². The predicted molar refractivity (Wildman–Crippen MR) is 64.0 cm³/mol. The number of aromatic carboxylic acids is 1. The quantitative estimate of drug-likeness (QED) is 0.783. The molecule has 0 aliphatic carbocycles. The second-order valence-electron chi connectivity index (χ2n) is 3.41. The molecular weight excluding hydrogens is 210 g/mol. The Morgan fingerprint density at radius 3 is 2.67 bits per heavy atom. The topological polar surface area (TPSA) is 40.5 Å². The zero-order valence-electron chi connectivity index (χ0n) is 8.99. The number of carboxylic acids is 1. The summed E-state index contributed by atoms with van der Waals surface area (Å²) in [5, 5.41) is 9.79. The smallest absolute Gasteiger partial charge is 0.345 e. The maximum absolute atomic E-state index is 10.7. The van der Waals surface area contributed by atoms with E-state index >= 15 is 0 Å². The summed E-state index contributed by atoms with van der Waals surface area (Å²) in [4.78, 5) is 13.2. The molecule has 0 spiro atoms. The van der Waals surface area contributed by atoms with E-state index in [9.17, 15) is 4.79 Å². The fraction of sp³-hybridized carbons (Fsp3) is 0.364. The summed E-state index contributed by atoms with van der Waals surface area (Å²) in [6.07, 6.45) is 0. The molecule has 0 saturated heterocycles. The lowest BCUT2D eigenvalue weighted by molar-refractivity contribution is 0.0702. The van der Waals surface area contributed by atoms with Gasteiger partial charge in [0, 0.05) is 13.1 Å². The maximum Gasteiger partial charge on any atom is 0.345 e. The van der Waals surface area contributed by atoms with E-state index in [2.05, 4.69) is 11.5 Å². The third-order valence-corrected chi connectivity index (χ3v) is 3.09. The Hall–Kier alpha value is -1.29. The predicted octanol–water partition coefficient (Wildman–Crippen LogP) is 2.85. The van der Waals surface area contributed by atoms with Crippen molar-refractivity contribution in [2.24, 2.45) is 0 Å². The molecule has 15 heavy (non-hydrogen) atoms. The van der Waals surface area contributed by atoms with E-state index in [1.165, 1.54) is 11.3 Å². The summed E-state index contributed by atoms with van der Waals surface area (Å²) >= 11 is 1.30. The minimum atomic E-state index is -0.863. The minimum Gasteiger partial charge on any atom is -0.477 e. The van der Waals surface area contributed by atoms with Crippen LogP contribution in [0.15, 0.2) is 24.3 Å². The van der Waals surface area contributed by atoms with Gasteiger partial charge in [-0.05, 0) is 26.0 Å². The fourth-order valence-electron chi connectivity index (χ4n) is 1.28. The summed E-state index contributed by atoms with van der Waals surface area (Å²) in [6, 6.07) is 3.49. The zero-order valence-corrected chi connectivity index (χ0v) is 9.80. The first-order valence-electron chi connectivity index (χ1n) is 4.77. The van der Waals surface area contributed by atoms with Crippen molar-refractivity contribution in [3.05, 3.63) is 29.2 Å². The first-order chi connectivity index (χ1) is 7.04. The number of nitrogens with zero attached hydrogens (tertiary/aromatic N) is 1. The Kier molecular flexibility index (Phi) is 3.91. The van der Waals surface area contributed by atoms with Gasteiger partial charge >= 0.3 is 5.97 Å². The van der Waals surface area contributed by atoms with Gasteiger partial charge in [0.2, 0.25) is 0 Å². The molecule has 1 N–H and O–H groups in total. The lowest BCUT2D eigenvalue weighted by Crippen LogP contribution is -2.23. The largest absolute Gasteiger partial charge is 0.477 e. The van der Waals surface area contributed by atoms with Crippen LogP contribution in [0.3, 0.4) is 0 Å². The van der Waals surface area contributed by atoms with Crippen molar-refractivity contribution in [3.8, 4) is 0 Å². The molecule has 0 saturated carbocycles. The second kappa shape index (κ2) is 4.98. The number of thiophene rings is 1. The molecule has 1 heterocycles. The normalized spacial score (nSPS) is 10.0. The van der Waals surface area contributed by atoms with Crippen LogP contribution in [-0.4, -0.2) is 24.2 Å². The van der Waals surface area contributed by atoms with Gasteiger partial charge in [-0.3, -0.25) is 0 Å². The molecule has 0 aliphatic rings. The molecule has 1 aromatic heterocycles. The number of carboxylic acid groups (broad SMARTS) is 1. The van der Waals surface area contributed by atoms with Crippen molar-refractivity contribution < 1.29 is 9.90 Å². The molecule has 0 radical (unpaired) electrons. The average molecular weight is 225 g/mol. The number of hydrogen-bond acceptors (Lipinski definition) is 3. The molecular formula is C11H15NO2S. The van der Waals surface area contributed by atoms with E-state index < -0.39 is 5.97 Å². The van der Waals surface area contributed by atoms with Gasteiger partial charge < -0.3 is 10.0 Å². The summed E-state index contributed by atoms with van der Waals surface area (Å²) in [6.45, 7) is 9.50. The van der Waals surface area contributed by atoms with Gasteiger partial charge in [0.25, 0.3) is 0 Å². The first kappa shape index (κ1) is 11.8. The van der Waals surface area contributed by atoms with Gasteiger partial charge in [-0.2, -0.15) is 0 Å². The molecule has 0 aliphatic heterocycles. The van der Waals surface area contributed by atoms with Crippen molar-refractivity contribution in [2.45, 2.75) is 13.8 Å². The highest BCUT2D eigenvalue weighted by Crippen LogP contribution is 2.26. The molecule has 0 unspecified atom stereocenters. The Balaban J connectivity index is 2.83. The molecule has 0 bridgehead atoms. The van der Waals surface area contributed by atoms with Crippen LogP contribution >= 0.6 is 11.3 Å². The van der Waals surface area contributed by atoms with Gasteiger partial charge in [-0.1, -0.05) is 12.2 Å². The second-order valence-corrected chi connectivity index (χ2v) is 4.48. The van der Waals surface area contributed by atoms with Crippen LogP contribution in [0.1, 0.15) is 23.5 Å². The number of carbonyl (C=O) groups is 1. The van der Waals surface area contributed by atoms with Gasteiger partial charge in [0.05, 0.1) is 5.00 Å². The minimum absolute atomic E-state index is 0.380. The molecule has 0 amide bonds. The fourth-order valence-corrected chi connectivity index (χ4v) is 2.19. The zero-order chi connectivity index (χ0) is 11.4. The number of hydrogen-bond donors (Lipinski definition) is 1. The van der Waals surface area contributed by atoms with Crippen LogP contribution < -0.4 is 4.90 Å². The molecule has 1 aromatic rings. The molecule has 0 aromatic carbocycles. The molecule has 3 nitrogen and oxygen atoms in total. The third kappa shape index (κ3) is 3.09. The molecule has 4 heteroatoms. The van der Waals surface area contributed by atoms with E-state index in [0.717, 1.165) is 23.7 Å². The van der Waals surface area contributed by atoms with E-state index in [1.54, 1.807) is 6.07 Å².